The zero-order valence-corrected chi connectivity index (χ0v) is 15.8. The number of aromatic nitrogens is 4. The molecule has 0 spiro atoms. The third-order valence-corrected chi connectivity index (χ3v) is 5.99. The predicted octanol–water partition coefficient (Wildman–Crippen LogP) is 3.17. The molecule has 3 heterocycles. The Bertz CT molecular complexity index is 928. The Morgan fingerprint density at radius 3 is 2.70 bits per heavy atom. The summed E-state index contributed by atoms with van der Waals surface area (Å²) in [7, 11) is 1.97. The highest BCUT2D eigenvalue weighted by Crippen LogP contribution is 2.35. The zero-order valence-electron chi connectivity index (χ0n) is 15.8. The van der Waals surface area contributed by atoms with Crippen molar-refractivity contribution in [3.05, 3.63) is 47.9 Å². The average molecular weight is 362 g/mol. The molecule has 0 unspecified atom stereocenters. The lowest BCUT2D eigenvalue weighted by molar-refractivity contribution is 0.469. The van der Waals surface area contributed by atoms with Crippen molar-refractivity contribution >= 4 is 16.9 Å². The second kappa shape index (κ2) is 6.93. The fourth-order valence-corrected chi connectivity index (χ4v) is 4.48. The number of piperazine rings is 1. The number of anilines is 1. The Morgan fingerprint density at radius 1 is 1.07 bits per heavy atom. The number of nitrogens with one attached hydrogen (secondary N) is 1. The van der Waals surface area contributed by atoms with Crippen LogP contribution in [0.25, 0.3) is 11.0 Å². The van der Waals surface area contributed by atoms with Crippen molar-refractivity contribution in [2.45, 2.75) is 37.6 Å². The molecule has 6 heteroatoms. The number of hydrogen-bond donors (Lipinski definition) is 1. The van der Waals surface area contributed by atoms with Gasteiger partial charge in [-0.05, 0) is 18.4 Å². The van der Waals surface area contributed by atoms with E-state index < -0.39 is 0 Å². The topological polar surface area (TPSA) is 58.9 Å². The SMILES string of the molecule is Cn1ncc2c(N3CCN[C@H](c4ccccc4)C3)nc(C3CCCC3)nc21. The maximum absolute atomic E-state index is 5.08. The first kappa shape index (κ1) is 16.7. The van der Waals surface area contributed by atoms with Crippen molar-refractivity contribution in [2.24, 2.45) is 7.05 Å². The minimum absolute atomic E-state index is 0.316. The highest BCUT2D eigenvalue weighted by molar-refractivity contribution is 5.87. The summed E-state index contributed by atoms with van der Waals surface area (Å²) < 4.78 is 1.88. The minimum atomic E-state index is 0.316. The van der Waals surface area contributed by atoms with Crippen LogP contribution in [0.3, 0.4) is 0 Å². The first-order valence-electron chi connectivity index (χ1n) is 10.0. The molecular weight excluding hydrogens is 336 g/mol. The van der Waals surface area contributed by atoms with Gasteiger partial charge in [-0.1, -0.05) is 43.2 Å². The Balaban J connectivity index is 1.53. The monoisotopic (exact) mass is 362 g/mol. The van der Waals surface area contributed by atoms with E-state index in [1.54, 1.807) is 0 Å². The van der Waals surface area contributed by atoms with Gasteiger partial charge in [-0.15, -0.1) is 0 Å². The lowest BCUT2D eigenvalue weighted by Gasteiger charge is -2.35. The van der Waals surface area contributed by atoms with Gasteiger partial charge in [0.1, 0.15) is 11.6 Å². The summed E-state index contributed by atoms with van der Waals surface area (Å²) >= 11 is 0. The third-order valence-electron chi connectivity index (χ3n) is 5.99. The van der Waals surface area contributed by atoms with Crippen LogP contribution < -0.4 is 10.2 Å². The van der Waals surface area contributed by atoms with E-state index in [-0.39, 0.29) is 0 Å². The molecule has 1 N–H and O–H groups in total. The molecule has 27 heavy (non-hydrogen) atoms. The molecule has 1 saturated heterocycles. The van der Waals surface area contributed by atoms with Gasteiger partial charge in [0, 0.05) is 38.6 Å². The summed E-state index contributed by atoms with van der Waals surface area (Å²) in [5.41, 5.74) is 2.28. The Morgan fingerprint density at radius 2 is 1.89 bits per heavy atom. The molecule has 0 radical (unpaired) electrons. The summed E-state index contributed by atoms with van der Waals surface area (Å²) in [6.07, 6.45) is 6.91. The van der Waals surface area contributed by atoms with Gasteiger partial charge in [0.25, 0.3) is 0 Å². The van der Waals surface area contributed by atoms with Crippen molar-refractivity contribution in [3.8, 4) is 0 Å². The van der Waals surface area contributed by atoms with Crippen LogP contribution in [0.2, 0.25) is 0 Å². The van der Waals surface area contributed by atoms with Gasteiger partial charge in [-0.2, -0.15) is 5.10 Å². The summed E-state index contributed by atoms with van der Waals surface area (Å²) in [6.45, 7) is 2.81. The molecule has 1 aliphatic carbocycles. The van der Waals surface area contributed by atoms with Crippen LogP contribution in [0.15, 0.2) is 36.5 Å². The Labute approximate surface area is 159 Å². The first-order valence-corrected chi connectivity index (χ1v) is 10.0. The van der Waals surface area contributed by atoms with Gasteiger partial charge in [0.05, 0.1) is 11.6 Å². The van der Waals surface area contributed by atoms with E-state index in [2.05, 4.69) is 45.6 Å². The van der Waals surface area contributed by atoms with Gasteiger partial charge >= 0.3 is 0 Å². The Kier molecular flexibility index (Phi) is 4.28. The number of benzene rings is 1. The lowest BCUT2D eigenvalue weighted by atomic mass is 10.0. The van der Waals surface area contributed by atoms with E-state index in [1.807, 2.05) is 17.9 Å². The standard InChI is InChI=1S/C21H26N6/c1-26-20-17(13-23-26)21(25-19(24-20)16-9-5-6-10-16)27-12-11-22-18(14-27)15-7-3-2-4-8-15/h2-4,7-8,13,16,18,22H,5-6,9-12,14H2,1H3/t18-/m0/s1. The van der Waals surface area contributed by atoms with Crippen LogP contribution in [0.5, 0.6) is 0 Å². The van der Waals surface area contributed by atoms with Crippen molar-refractivity contribution < 1.29 is 0 Å². The molecule has 2 fully saturated rings. The number of nitrogens with zero attached hydrogens (tertiary/aromatic N) is 5. The smallest absolute Gasteiger partial charge is 0.163 e. The predicted molar refractivity (Wildman–Crippen MR) is 107 cm³/mol. The number of aryl methyl sites for hydroxylation is 1. The van der Waals surface area contributed by atoms with Crippen LogP contribution in [-0.4, -0.2) is 39.4 Å². The third kappa shape index (κ3) is 3.08. The molecule has 2 aromatic heterocycles. The van der Waals surface area contributed by atoms with Crippen LogP contribution in [0.1, 0.15) is 49.0 Å². The van der Waals surface area contributed by atoms with E-state index in [4.69, 9.17) is 9.97 Å². The highest BCUT2D eigenvalue weighted by atomic mass is 15.3. The second-order valence-electron chi connectivity index (χ2n) is 7.76. The highest BCUT2D eigenvalue weighted by Gasteiger charge is 2.27. The molecule has 0 bridgehead atoms. The van der Waals surface area contributed by atoms with E-state index in [0.29, 0.717) is 12.0 Å². The number of rotatable bonds is 3. The van der Waals surface area contributed by atoms with Gasteiger partial charge < -0.3 is 10.2 Å². The minimum Gasteiger partial charge on any atom is -0.353 e. The van der Waals surface area contributed by atoms with E-state index in [0.717, 1.165) is 42.3 Å². The summed E-state index contributed by atoms with van der Waals surface area (Å²) in [5.74, 6) is 2.56. The molecule has 0 amide bonds. The molecule has 1 aromatic carbocycles. The fourth-order valence-electron chi connectivity index (χ4n) is 4.48. The molecule has 5 rings (SSSR count). The lowest BCUT2D eigenvalue weighted by Crippen LogP contribution is -2.46. The van der Waals surface area contributed by atoms with E-state index in [9.17, 15) is 0 Å². The van der Waals surface area contributed by atoms with Crippen molar-refractivity contribution in [3.63, 3.8) is 0 Å². The Hall–Kier alpha value is -2.47. The summed E-state index contributed by atoms with van der Waals surface area (Å²) in [6, 6.07) is 11.0. The molecule has 6 nitrogen and oxygen atoms in total. The number of hydrogen-bond acceptors (Lipinski definition) is 5. The molecule has 1 atom stereocenters. The fraction of sp³-hybridized carbons (Fsp3) is 0.476. The molecule has 3 aromatic rings. The molecule has 1 aliphatic heterocycles. The van der Waals surface area contributed by atoms with Gasteiger partial charge in [-0.25, -0.2) is 9.97 Å². The van der Waals surface area contributed by atoms with Crippen molar-refractivity contribution in [1.82, 2.24) is 25.1 Å². The zero-order chi connectivity index (χ0) is 18.2. The number of fused-ring (bicyclic) bond motifs is 1. The second-order valence-corrected chi connectivity index (χ2v) is 7.76. The molecular formula is C21H26N6. The summed E-state index contributed by atoms with van der Waals surface area (Å²) in [5, 5.41) is 9.18. The normalized spacial score (nSPS) is 21.2. The van der Waals surface area contributed by atoms with Crippen LogP contribution in [0, 0.1) is 0 Å². The molecule has 140 valence electrons. The van der Waals surface area contributed by atoms with E-state index >= 15 is 0 Å². The first-order chi connectivity index (χ1) is 13.3. The molecule has 2 aliphatic rings. The maximum Gasteiger partial charge on any atom is 0.163 e. The molecule has 1 saturated carbocycles. The van der Waals surface area contributed by atoms with Crippen molar-refractivity contribution in [1.29, 1.82) is 0 Å². The van der Waals surface area contributed by atoms with Crippen LogP contribution in [-0.2, 0) is 7.05 Å². The van der Waals surface area contributed by atoms with Gasteiger partial charge in [0.15, 0.2) is 5.65 Å². The van der Waals surface area contributed by atoms with Gasteiger partial charge in [0.2, 0.25) is 0 Å². The van der Waals surface area contributed by atoms with Gasteiger partial charge in [-0.3, -0.25) is 4.68 Å². The van der Waals surface area contributed by atoms with E-state index in [1.165, 1.54) is 31.2 Å². The quantitative estimate of drug-likeness (QED) is 0.775. The van der Waals surface area contributed by atoms with Crippen LogP contribution in [0.4, 0.5) is 5.82 Å². The largest absolute Gasteiger partial charge is 0.353 e. The average Bonchev–Trinajstić information content (AvgIpc) is 3.39. The maximum atomic E-state index is 5.08. The summed E-state index contributed by atoms with van der Waals surface area (Å²) in [4.78, 5) is 12.4. The van der Waals surface area contributed by atoms with Crippen LogP contribution >= 0.6 is 0 Å². The van der Waals surface area contributed by atoms with Crippen molar-refractivity contribution in [2.75, 3.05) is 24.5 Å².